The number of carboxylic acids is 1. The summed E-state index contributed by atoms with van der Waals surface area (Å²) >= 11 is 6.49. The molecule has 0 rings (SSSR count). The van der Waals surface area contributed by atoms with Crippen LogP contribution in [0.5, 0.6) is 0 Å². The summed E-state index contributed by atoms with van der Waals surface area (Å²) in [6.07, 6.45) is 1.00. The van der Waals surface area contributed by atoms with Crippen molar-refractivity contribution in [2.75, 3.05) is 18.5 Å². The molecular formula is C10H18Br2N2O4. The SMILES string of the molecule is NCCCC[C@H](NC(=O)OCC(Br)CBr)C(=O)O. The molecule has 0 bridgehead atoms. The van der Waals surface area contributed by atoms with Crippen molar-refractivity contribution < 1.29 is 19.4 Å². The van der Waals surface area contributed by atoms with E-state index >= 15 is 0 Å². The molecule has 4 N–H and O–H groups in total. The first kappa shape index (κ1) is 17.7. The second-order valence-corrected chi connectivity index (χ2v) is 5.61. The van der Waals surface area contributed by atoms with Gasteiger partial charge in [-0.15, -0.1) is 0 Å². The molecule has 0 saturated heterocycles. The Bertz CT molecular complexity index is 266. The van der Waals surface area contributed by atoms with Crippen molar-refractivity contribution in [3.8, 4) is 0 Å². The van der Waals surface area contributed by atoms with Gasteiger partial charge in [-0.2, -0.15) is 0 Å². The summed E-state index contributed by atoms with van der Waals surface area (Å²) in [4.78, 5) is 22.3. The lowest BCUT2D eigenvalue weighted by Crippen LogP contribution is -2.41. The number of hydrogen-bond donors (Lipinski definition) is 3. The first-order valence-corrected chi connectivity index (χ1v) is 7.61. The van der Waals surface area contributed by atoms with Gasteiger partial charge < -0.3 is 20.9 Å². The fourth-order valence-corrected chi connectivity index (χ4v) is 1.46. The molecule has 0 aromatic carbocycles. The molecular weight excluding hydrogens is 372 g/mol. The number of unbranched alkanes of at least 4 members (excludes halogenated alkanes) is 1. The van der Waals surface area contributed by atoms with Gasteiger partial charge in [0.05, 0.1) is 4.83 Å². The average molecular weight is 390 g/mol. The van der Waals surface area contributed by atoms with E-state index < -0.39 is 18.1 Å². The molecule has 0 aromatic heterocycles. The zero-order valence-electron chi connectivity index (χ0n) is 9.90. The molecule has 0 heterocycles. The normalized spacial score (nSPS) is 13.7. The number of amides is 1. The largest absolute Gasteiger partial charge is 0.480 e. The molecule has 2 atom stereocenters. The van der Waals surface area contributed by atoms with Gasteiger partial charge >= 0.3 is 12.1 Å². The quantitative estimate of drug-likeness (QED) is 0.409. The maximum Gasteiger partial charge on any atom is 0.407 e. The molecule has 0 aromatic rings. The third-order valence-electron chi connectivity index (χ3n) is 2.10. The van der Waals surface area contributed by atoms with Crippen LogP contribution in [0.3, 0.4) is 0 Å². The zero-order chi connectivity index (χ0) is 14.0. The van der Waals surface area contributed by atoms with Crippen LogP contribution < -0.4 is 11.1 Å². The fraction of sp³-hybridized carbons (Fsp3) is 0.800. The van der Waals surface area contributed by atoms with Crippen molar-refractivity contribution in [2.24, 2.45) is 5.73 Å². The van der Waals surface area contributed by atoms with Gasteiger partial charge in [-0.05, 0) is 25.8 Å². The Balaban J connectivity index is 3.99. The number of halogens is 2. The van der Waals surface area contributed by atoms with E-state index in [0.29, 0.717) is 24.7 Å². The predicted molar refractivity (Wildman–Crippen MR) is 75.3 cm³/mol. The topological polar surface area (TPSA) is 102 Å². The molecule has 0 saturated carbocycles. The maximum atomic E-state index is 11.4. The lowest BCUT2D eigenvalue weighted by Gasteiger charge is -2.15. The van der Waals surface area contributed by atoms with E-state index in [2.05, 4.69) is 37.2 Å². The Morgan fingerprint density at radius 3 is 2.56 bits per heavy atom. The van der Waals surface area contributed by atoms with Gasteiger partial charge in [0.1, 0.15) is 12.6 Å². The highest BCUT2D eigenvalue weighted by Gasteiger charge is 2.20. The molecule has 0 fully saturated rings. The highest BCUT2D eigenvalue weighted by Crippen LogP contribution is 2.05. The Labute approximate surface area is 123 Å². The summed E-state index contributed by atoms with van der Waals surface area (Å²) in [5.41, 5.74) is 5.32. The average Bonchev–Trinajstić information content (AvgIpc) is 2.34. The van der Waals surface area contributed by atoms with Crippen LogP contribution in [0.4, 0.5) is 4.79 Å². The first-order chi connectivity index (χ1) is 8.51. The second-order valence-electron chi connectivity index (χ2n) is 3.67. The molecule has 1 unspecified atom stereocenters. The number of carbonyl (C=O) groups excluding carboxylic acids is 1. The maximum absolute atomic E-state index is 11.4. The molecule has 1 amide bonds. The summed E-state index contributed by atoms with van der Waals surface area (Å²) < 4.78 is 4.87. The van der Waals surface area contributed by atoms with Gasteiger partial charge in [-0.25, -0.2) is 9.59 Å². The summed E-state index contributed by atoms with van der Waals surface area (Å²) in [5.74, 6) is -1.07. The molecule has 106 valence electrons. The summed E-state index contributed by atoms with van der Waals surface area (Å²) in [5, 5.41) is 11.9. The van der Waals surface area contributed by atoms with Gasteiger partial charge in [0.15, 0.2) is 0 Å². The lowest BCUT2D eigenvalue weighted by atomic mass is 10.1. The predicted octanol–water partition coefficient (Wildman–Crippen LogP) is 1.45. The highest BCUT2D eigenvalue weighted by molar-refractivity contribution is 9.12. The van der Waals surface area contributed by atoms with Crippen molar-refractivity contribution in [1.29, 1.82) is 0 Å². The van der Waals surface area contributed by atoms with E-state index in [-0.39, 0.29) is 11.4 Å². The summed E-state index contributed by atoms with van der Waals surface area (Å²) in [7, 11) is 0. The Hall–Kier alpha value is -0.340. The van der Waals surface area contributed by atoms with Gasteiger partial charge in [-0.1, -0.05) is 31.9 Å². The van der Waals surface area contributed by atoms with Gasteiger partial charge in [-0.3, -0.25) is 0 Å². The number of carboxylic acid groups (broad SMARTS) is 1. The van der Waals surface area contributed by atoms with Crippen LogP contribution in [0.25, 0.3) is 0 Å². The standard InChI is InChI=1S/C10H18Br2N2O4/c11-5-7(12)6-18-10(17)14-8(9(15)16)3-1-2-4-13/h7-8H,1-6,13H2,(H,14,17)(H,15,16)/t7?,8-/m0/s1. The minimum absolute atomic E-state index is 0.00349. The number of nitrogens with one attached hydrogen (secondary N) is 1. The first-order valence-electron chi connectivity index (χ1n) is 5.57. The minimum Gasteiger partial charge on any atom is -0.480 e. The molecule has 0 aliphatic heterocycles. The Morgan fingerprint density at radius 2 is 2.06 bits per heavy atom. The van der Waals surface area contributed by atoms with E-state index in [9.17, 15) is 9.59 Å². The van der Waals surface area contributed by atoms with Crippen molar-refractivity contribution in [3.05, 3.63) is 0 Å². The molecule has 18 heavy (non-hydrogen) atoms. The van der Waals surface area contributed by atoms with Crippen LogP contribution in [-0.2, 0) is 9.53 Å². The summed E-state index contributed by atoms with van der Waals surface area (Å²) in [6.45, 7) is 0.680. The van der Waals surface area contributed by atoms with Crippen LogP contribution >= 0.6 is 31.9 Å². The molecule has 0 spiro atoms. The van der Waals surface area contributed by atoms with E-state index in [1.807, 2.05) is 0 Å². The fourth-order valence-electron chi connectivity index (χ4n) is 1.14. The number of rotatable bonds is 9. The van der Waals surface area contributed by atoms with E-state index in [4.69, 9.17) is 15.6 Å². The zero-order valence-corrected chi connectivity index (χ0v) is 13.1. The van der Waals surface area contributed by atoms with Gasteiger partial charge in [0, 0.05) is 5.33 Å². The van der Waals surface area contributed by atoms with Crippen molar-refractivity contribution in [2.45, 2.75) is 30.1 Å². The van der Waals surface area contributed by atoms with E-state index in [1.165, 1.54) is 0 Å². The van der Waals surface area contributed by atoms with Crippen molar-refractivity contribution in [3.63, 3.8) is 0 Å². The smallest absolute Gasteiger partial charge is 0.407 e. The number of ether oxygens (including phenoxy) is 1. The molecule has 8 heteroatoms. The minimum atomic E-state index is -1.07. The molecule has 6 nitrogen and oxygen atoms in total. The monoisotopic (exact) mass is 388 g/mol. The van der Waals surface area contributed by atoms with Crippen LogP contribution in [0.1, 0.15) is 19.3 Å². The number of aliphatic carboxylic acids is 1. The highest BCUT2D eigenvalue weighted by atomic mass is 79.9. The van der Waals surface area contributed by atoms with Crippen LogP contribution in [0.15, 0.2) is 0 Å². The number of hydrogen-bond acceptors (Lipinski definition) is 4. The molecule has 0 aliphatic rings. The van der Waals surface area contributed by atoms with Crippen LogP contribution in [-0.4, -0.2) is 46.5 Å². The van der Waals surface area contributed by atoms with E-state index in [1.54, 1.807) is 0 Å². The Morgan fingerprint density at radius 1 is 1.39 bits per heavy atom. The summed E-state index contributed by atoms with van der Waals surface area (Å²) in [6, 6.07) is -0.929. The lowest BCUT2D eigenvalue weighted by molar-refractivity contribution is -0.139. The third kappa shape index (κ3) is 8.71. The molecule has 0 radical (unpaired) electrons. The second kappa shape index (κ2) is 10.6. The van der Waals surface area contributed by atoms with Crippen molar-refractivity contribution >= 4 is 43.9 Å². The van der Waals surface area contributed by atoms with Crippen LogP contribution in [0, 0.1) is 0 Å². The van der Waals surface area contributed by atoms with Gasteiger partial charge in [0.2, 0.25) is 0 Å². The number of alkyl halides is 2. The van der Waals surface area contributed by atoms with Crippen LogP contribution in [0.2, 0.25) is 0 Å². The van der Waals surface area contributed by atoms with Gasteiger partial charge in [0.25, 0.3) is 0 Å². The van der Waals surface area contributed by atoms with E-state index in [0.717, 1.165) is 6.42 Å². The number of alkyl carbamates (subject to hydrolysis) is 1. The van der Waals surface area contributed by atoms with Crippen molar-refractivity contribution in [1.82, 2.24) is 5.32 Å². The number of nitrogens with two attached hydrogens (primary N) is 1. The molecule has 0 aliphatic carbocycles. The Kier molecular flexibility index (Phi) is 10.4. The number of carbonyl (C=O) groups is 2. The third-order valence-corrected chi connectivity index (χ3v) is 4.34.